The van der Waals surface area contributed by atoms with Crippen molar-refractivity contribution in [3.05, 3.63) is 23.9 Å². The Bertz CT molecular complexity index is 408. The Morgan fingerprint density at radius 1 is 1.56 bits per heavy atom. The van der Waals surface area contributed by atoms with Gasteiger partial charge in [-0.2, -0.15) is 0 Å². The molecule has 5 heteroatoms. The van der Waals surface area contributed by atoms with E-state index in [-0.39, 0.29) is 17.8 Å². The van der Waals surface area contributed by atoms with Gasteiger partial charge in [-0.15, -0.1) is 0 Å². The second kappa shape index (κ2) is 4.09. The molecule has 1 aliphatic rings. The van der Waals surface area contributed by atoms with Gasteiger partial charge in [0, 0.05) is 12.6 Å². The molecule has 1 aliphatic heterocycles. The third-order valence-corrected chi connectivity index (χ3v) is 2.80. The van der Waals surface area contributed by atoms with Crippen LogP contribution in [0.4, 0.5) is 5.82 Å². The molecule has 0 aliphatic carbocycles. The Hall–Kier alpha value is -1.62. The standard InChI is InChI=1S/C11H14N2O3/c1-7-5-8(14)6-13(7)10-4-2-3-9(12-10)11(15)16/h2-4,7-8,14H,5-6H2,1H3,(H,15,16). The van der Waals surface area contributed by atoms with E-state index in [2.05, 4.69) is 4.98 Å². The van der Waals surface area contributed by atoms with E-state index in [0.717, 1.165) is 0 Å². The quantitative estimate of drug-likeness (QED) is 0.772. The minimum Gasteiger partial charge on any atom is -0.477 e. The van der Waals surface area contributed by atoms with Crippen LogP contribution in [0.2, 0.25) is 0 Å². The van der Waals surface area contributed by atoms with Crippen LogP contribution in [-0.2, 0) is 0 Å². The molecule has 1 saturated heterocycles. The number of aromatic carboxylic acids is 1. The van der Waals surface area contributed by atoms with Crippen LogP contribution in [0, 0.1) is 0 Å². The summed E-state index contributed by atoms with van der Waals surface area (Å²) in [6.45, 7) is 2.50. The number of carbonyl (C=O) groups is 1. The van der Waals surface area contributed by atoms with Gasteiger partial charge in [0.2, 0.25) is 0 Å². The smallest absolute Gasteiger partial charge is 0.354 e. The molecule has 0 saturated carbocycles. The predicted molar refractivity (Wildman–Crippen MR) is 58.6 cm³/mol. The summed E-state index contributed by atoms with van der Waals surface area (Å²) in [5.41, 5.74) is 0.0334. The van der Waals surface area contributed by atoms with Crippen LogP contribution in [0.3, 0.4) is 0 Å². The molecule has 0 radical (unpaired) electrons. The van der Waals surface area contributed by atoms with E-state index in [0.29, 0.717) is 18.8 Å². The highest BCUT2D eigenvalue weighted by Gasteiger charge is 2.28. The van der Waals surface area contributed by atoms with Gasteiger partial charge in [-0.25, -0.2) is 9.78 Å². The molecular formula is C11H14N2O3. The molecule has 2 atom stereocenters. The van der Waals surface area contributed by atoms with Crippen molar-refractivity contribution in [1.82, 2.24) is 4.98 Å². The number of carboxylic acid groups (broad SMARTS) is 1. The molecule has 2 rings (SSSR count). The molecule has 2 unspecified atom stereocenters. The normalized spacial score (nSPS) is 24.8. The fourth-order valence-electron chi connectivity index (χ4n) is 2.02. The monoisotopic (exact) mass is 222 g/mol. The number of rotatable bonds is 2. The van der Waals surface area contributed by atoms with Crippen molar-refractivity contribution in [3.63, 3.8) is 0 Å². The van der Waals surface area contributed by atoms with Crippen molar-refractivity contribution in [2.75, 3.05) is 11.4 Å². The van der Waals surface area contributed by atoms with E-state index in [4.69, 9.17) is 5.11 Å². The topological polar surface area (TPSA) is 73.7 Å². The van der Waals surface area contributed by atoms with Crippen molar-refractivity contribution in [1.29, 1.82) is 0 Å². The zero-order valence-corrected chi connectivity index (χ0v) is 9.00. The summed E-state index contributed by atoms with van der Waals surface area (Å²) in [6, 6.07) is 5.08. The summed E-state index contributed by atoms with van der Waals surface area (Å²) in [6.07, 6.45) is 0.337. The van der Waals surface area contributed by atoms with Crippen molar-refractivity contribution >= 4 is 11.8 Å². The third-order valence-electron chi connectivity index (χ3n) is 2.80. The van der Waals surface area contributed by atoms with Crippen molar-refractivity contribution in [3.8, 4) is 0 Å². The molecule has 1 aromatic rings. The SMILES string of the molecule is CC1CC(O)CN1c1cccc(C(=O)O)n1. The van der Waals surface area contributed by atoms with Crippen LogP contribution in [0.1, 0.15) is 23.8 Å². The third kappa shape index (κ3) is 1.99. The van der Waals surface area contributed by atoms with Crippen LogP contribution in [0.15, 0.2) is 18.2 Å². The Kier molecular flexibility index (Phi) is 2.78. The van der Waals surface area contributed by atoms with Gasteiger partial charge >= 0.3 is 5.97 Å². The minimum absolute atomic E-state index is 0.0334. The van der Waals surface area contributed by atoms with Gasteiger partial charge in [0.1, 0.15) is 5.82 Å². The molecule has 0 aromatic carbocycles. The second-order valence-corrected chi connectivity index (χ2v) is 4.08. The fraction of sp³-hybridized carbons (Fsp3) is 0.455. The van der Waals surface area contributed by atoms with Gasteiger partial charge in [-0.05, 0) is 25.5 Å². The lowest BCUT2D eigenvalue weighted by Crippen LogP contribution is -2.28. The number of anilines is 1. The number of nitrogens with zero attached hydrogens (tertiary/aromatic N) is 2. The van der Waals surface area contributed by atoms with E-state index in [1.165, 1.54) is 6.07 Å². The molecular weight excluding hydrogens is 208 g/mol. The summed E-state index contributed by atoms with van der Waals surface area (Å²) >= 11 is 0. The van der Waals surface area contributed by atoms with Gasteiger partial charge in [0.05, 0.1) is 6.10 Å². The minimum atomic E-state index is -1.03. The highest BCUT2D eigenvalue weighted by molar-refractivity contribution is 5.85. The zero-order chi connectivity index (χ0) is 11.7. The van der Waals surface area contributed by atoms with Gasteiger partial charge in [-0.1, -0.05) is 6.07 Å². The van der Waals surface area contributed by atoms with Crippen LogP contribution in [-0.4, -0.2) is 39.9 Å². The van der Waals surface area contributed by atoms with Crippen molar-refractivity contribution in [2.24, 2.45) is 0 Å². The summed E-state index contributed by atoms with van der Waals surface area (Å²) < 4.78 is 0. The average Bonchev–Trinajstić information content (AvgIpc) is 2.58. The number of β-amino-alcohol motifs (C(OH)–C–C–N with tert-alkyl or cyclic N) is 1. The summed E-state index contributed by atoms with van der Waals surface area (Å²) in [4.78, 5) is 16.8. The highest BCUT2D eigenvalue weighted by Crippen LogP contribution is 2.23. The van der Waals surface area contributed by atoms with Gasteiger partial charge < -0.3 is 15.1 Å². The maximum absolute atomic E-state index is 10.8. The van der Waals surface area contributed by atoms with E-state index in [1.54, 1.807) is 12.1 Å². The number of aliphatic hydroxyl groups excluding tert-OH is 1. The molecule has 2 heterocycles. The number of aliphatic hydroxyl groups is 1. The van der Waals surface area contributed by atoms with Crippen LogP contribution >= 0.6 is 0 Å². The molecule has 1 aromatic heterocycles. The first-order valence-electron chi connectivity index (χ1n) is 5.23. The summed E-state index contributed by atoms with van der Waals surface area (Å²) in [5.74, 6) is -0.418. The average molecular weight is 222 g/mol. The lowest BCUT2D eigenvalue weighted by atomic mass is 10.2. The number of aromatic nitrogens is 1. The van der Waals surface area contributed by atoms with Crippen LogP contribution < -0.4 is 4.90 Å². The van der Waals surface area contributed by atoms with Gasteiger partial charge in [0.15, 0.2) is 5.69 Å². The van der Waals surface area contributed by atoms with Crippen LogP contribution in [0.25, 0.3) is 0 Å². The predicted octanol–water partition coefficient (Wildman–Crippen LogP) is 0.739. The number of pyridine rings is 1. The first kappa shape index (κ1) is 10.9. The second-order valence-electron chi connectivity index (χ2n) is 4.08. The summed E-state index contributed by atoms with van der Waals surface area (Å²) in [5, 5.41) is 18.4. The first-order chi connectivity index (χ1) is 7.58. The molecule has 16 heavy (non-hydrogen) atoms. The molecule has 5 nitrogen and oxygen atoms in total. The maximum Gasteiger partial charge on any atom is 0.354 e. The largest absolute Gasteiger partial charge is 0.477 e. The fourth-order valence-corrected chi connectivity index (χ4v) is 2.02. The zero-order valence-electron chi connectivity index (χ0n) is 9.00. The highest BCUT2D eigenvalue weighted by atomic mass is 16.4. The number of hydrogen-bond donors (Lipinski definition) is 2. The number of hydrogen-bond acceptors (Lipinski definition) is 4. The van der Waals surface area contributed by atoms with E-state index >= 15 is 0 Å². The van der Waals surface area contributed by atoms with Crippen molar-refractivity contribution in [2.45, 2.75) is 25.5 Å². The molecule has 1 fully saturated rings. The molecule has 0 amide bonds. The maximum atomic E-state index is 10.8. The molecule has 0 bridgehead atoms. The number of carboxylic acids is 1. The van der Waals surface area contributed by atoms with Gasteiger partial charge in [-0.3, -0.25) is 0 Å². The van der Waals surface area contributed by atoms with E-state index in [9.17, 15) is 9.90 Å². The van der Waals surface area contributed by atoms with E-state index < -0.39 is 5.97 Å². The summed E-state index contributed by atoms with van der Waals surface area (Å²) in [7, 11) is 0. The first-order valence-corrected chi connectivity index (χ1v) is 5.23. The molecule has 0 spiro atoms. The Labute approximate surface area is 93.3 Å². The molecule has 86 valence electrons. The van der Waals surface area contributed by atoms with Gasteiger partial charge in [0.25, 0.3) is 0 Å². The van der Waals surface area contributed by atoms with Crippen LogP contribution in [0.5, 0.6) is 0 Å². The van der Waals surface area contributed by atoms with Crippen molar-refractivity contribution < 1.29 is 15.0 Å². The Morgan fingerprint density at radius 2 is 2.31 bits per heavy atom. The lowest BCUT2D eigenvalue weighted by molar-refractivity contribution is 0.0690. The molecule has 2 N–H and O–H groups in total. The van der Waals surface area contributed by atoms with E-state index in [1.807, 2.05) is 11.8 Å². The Morgan fingerprint density at radius 3 is 2.88 bits per heavy atom. The lowest BCUT2D eigenvalue weighted by Gasteiger charge is -2.22. The Balaban J connectivity index is 2.27.